The molecule has 0 bridgehead atoms. The highest BCUT2D eigenvalue weighted by Crippen LogP contribution is 2.31. The Bertz CT molecular complexity index is 957. The van der Waals surface area contributed by atoms with Gasteiger partial charge >= 0.3 is 0 Å². The SMILES string of the molecule is CCC(=O)N1CCN(c2ccc([N+](=O)[O-])c(NCCc3ccc(OC)c(OC)c3)c2)CC1. The van der Waals surface area contributed by atoms with Crippen LogP contribution >= 0.6 is 0 Å². The number of hydrogen-bond donors (Lipinski definition) is 1. The molecule has 1 heterocycles. The Kier molecular flexibility index (Phi) is 7.75. The summed E-state index contributed by atoms with van der Waals surface area (Å²) >= 11 is 0. The number of ether oxygens (including phenoxy) is 2. The maximum atomic E-state index is 11.9. The molecule has 2 aromatic rings. The van der Waals surface area contributed by atoms with E-state index >= 15 is 0 Å². The van der Waals surface area contributed by atoms with Crippen LogP contribution in [-0.4, -0.2) is 62.7 Å². The van der Waals surface area contributed by atoms with Gasteiger partial charge in [0, 0.05) is 50.9 Å². The summed E-state index contributed by atoms with van der Waals surface area (Å²) in [6.07, 6.45) is 1.17. The van der Waals surface area contributed by atoms with E-state index in [-0.39, 0.29) is 16.5 Å². The van der Waals surface area contributed by atoms with Crippen LogP contribution < -0.4 is 19.7 Å². The number of rotatable bonds is 9. The van der Waals surface area contributed by atoms with Crippen LogP contribution in [0.5, 0.6) is 11.5 Å². The quantitative estimate of drug-likeness (QED) is 0.470. The van der Waals surface area contributed by atoms with Gasteiger partial charge in [0.15, 0.2) is 11.5 Å². The van der Waals surface area contributed by atoms with Crippen molar-refractivity contribution in [3.05, 3.63) is 52.1 Å². The first kappa shape index (κ1) is 23.2. The number of hydrogen-bond acceptors (Lipinski definition) is 7. The number of piperazine rings is 1. The summed E-state index contributed by atoms with van der Waals surface area (Å²) in [7, 11) is 3.18. The van der Waals surface area contributed by atoms with Crippen LogP contribution in [0.3, 0.4) is 0 Å². The Morgan fingerprint density at radius 1 is 1.06 bits per heavy atom. The van der Waals surface area contributed by atoms with Gasteiger partial charge in [-0.05, 0) is 36.2 Å². The predicted molar refractivity (Wildman–Crippen MR) is 124 cm³/mol. The molecule has 3 rings (SSSR count). The van der Waals surface area contributed by atoms with Crippen LogP contribution in [0.25, 0.3) is 0 Å². The number of carbonyl (C=O) groups excluding carboxylic acids is 1. The molecule has 0 saturated carbocycles. The van der Waals surface area contributed by atoms with Crippen LogP contribution in [0.4, 0.5) is 17.1 Å². The van der Waals surface area contributed by atoms with Gasteiger partial charge in [-0.15, -0.1) is 0 Å². The smallest absolute Gasteiger partial charge is 0.292 e. The summed E-state index contributed by atoms with van der Waals surface area (Å²) in [5.41, 5.74) is 2.47. The van der Waals surface area contributed by atoms with Crippen molar-refractivity contribution in [3.63, 3.8) is 0 Å². The zero-order valence-corrected chi connectivity index (χ0v) is 18.8. The van der Waals surface area contributed by atoms with Crippen LogP contribution in [0.15, 0.2) is 36.4 Å². The molecule has 1 fully saturated rings. The average Bonchev–Trinajstić information content (AvgIpc) is 2.83. The van der Waals surface area contributed by atoms with Gasteiger partial charge in [0.05, 0.1) is 19.1 Å². The molecule has 1 amide bonds. The normalized spacial score (nSPS) is 13.6. The van der Waals surface area contributed by atoms with Gasteiger partial charge in [0.2, 0.25) is 5.91 Å². The van der Waals surface area contributed by atoms with Gasteiger partial charge in [0.1, 0.15) is 5.69 Å². The standard InChI is InChI=1S/C23H30N4O5/c1-4-23(28)26-13-11-25(12-14-26)18-6-7-20(27(29)30)19(16-18)24-10-9-17-5-8-21(31-2)22(15-17)32-3/h5-8,15-16,24H,4,9-14H2,1-3H3. The van der Waals surface area contributed by atoms with Crippen LogP contribution in [0.2, 0.25) is 0 Å². The van der Waals surface area contributed by atoms with Crippen molar-refractivity contribution in [1.82, 2.24) is 4.90 Å². The third kappa shape index (κ3) is 5.40. The fourth-order valence-corrected chi connectivity index (χ4v) is 3.84. The van der Waals surface area contributed by atoms with E-state index in [2.05, 4.69) is 10.2 Å². The topological polar surface area (TPSA) is 97.2 Å². The Morgan fingerprint density at radius 3 is 2.41 bits per heavy atom. The highest BCUT2D eigenvalue weighted by atomic mass is 16.6. The lowest BCUT2D eigenvalue weighted by Crippen LogP contribution is -2.48. The molecule has 172 valence electrons. The third-order valence-electron chi connectivity index (χ3n) is 5.65. The summed E-state index contributed by atoms with van der Waals surface area (Å²) in [6, 6.07) is 10.8. The number of methoxy groups -OCH3 is 2. The maximum absolute atomic E-state index is 11.9. The highest BCUT2D eigenvalue weighted by Gasteiger charge is 2.22. The second kappa shape index (κ2) is 10.7. The van der Waals surface area contributed by atoms with E-state index < -0.39 is 0 Å². The molecule has 0 spiro atoms. The monoisotopic (exact) mass is 442 g/mol. The molecule has 0 atom stereocenters. The first-order valence-electron chi connectivity index (χ1n) is 10.7. The lowest BCUT2D eigenvalue weighted by Gasteiger charge is -2.36. The van der Waals surface area contributed by atoms with Crippen LogP contribution in [0, 0.1) is 10.1 Å². The van der Waals surface area contributed by atoms with Gasteiger partial charge in [0.25, 0.3) is 5.69 Å². The first-order valence-corrected chi connectivity index (χ1v) is 10.7. The molecular formula is C23H30N4O5. The second-order valence-corrected chi connectivity index (χ2v) is 7.55. The molecule has 1 saturated heterocycles. The van der Waals surface area contributed by atoms with E-state index in [1.54, 1.807) is 20.3 Å². The fourth-order valence-electron chi connectivity index (χ4n) is 3.84. The minimum Gasteiger partial charge on any atom is -0.493 e. The molecule has 0 aliphatic carbocycles. The van der Waals surface area contributed by atoms with Crippen molar-refractivity contribution in [1.29, 1.82) is 0 Å². The third-order valence-corrected chi connectivity index (χ3v) is 5.65. The molecule has 9 nitrogen and oxygen atoms in total. The number of nitrogens with one attached hydrogen (secondary N) is 1. The number of anilines is 2. The minimum atomic E-state index is -0.375. The van der Waals surface area contributed by atoms with E-state index in [1.807, 2.05) is 36.1 Å². The molecule has 32 heavy (non-hydrogen) atoms. The van der Waals surface area contributed by atoms with E-state index in [0.29, 0.717) is 62.8 Å². The largest absolute Gasteiger partial charge is 0.493 e. The lowest BCUT2D eigenvalue weighted by atomic mass is 10.1. The molecule has 1 aliphatic heterocycles. The van der Waals surface area contributed by atoms with E-state index in [0.717, 1.165) is 11.3 Å². The molecule has 1 N–H and O–H groups in total. The Hall–Kier alpha value is -3.49. The van der Waals surface area contributed by atoms with E-state index in [1.165, 1.54) is 6.07 Å². The van der Waals surface area contributed by atoms with Crippen molar-refractivity contribution in [2.45, 2.75) is 19.8 Å². The van der Waals surface area contributed by atoms with Crippen molar-refractivity contribution < 1.29 is 19.2 Å². The first-order chi connectivity index (χ1) is 15.5. The van der Waals surface area contributed by atoms with Crippen LogP contribution in [-0.2, 0) is 11.2 Å². The van der Waals surface area contributed by atoms with Gasteiger partial charge in [-0.1, -0.05) is 13.0 Å². The summed E-state index contributed by atoms with van der Waals surface area (Å²) in [5, 5.41) is 14.7. The maximum Gasteiger partial charge on any atom is 0.292 e. The van der Waals surface area contributed by atoms with E-state index in [4.69, 9.17) is 9.47 Å². The minimum absolute atomic E-state index is 0.0425. The molecule has 0 aromatic heterocycles. The zero-order chi connectivity index (χ0) is 23.1. The summed E-state index contributed by atoms with van der Waals surface area (Å²) in [6.45, 7) is 5.12. The molecule has 0 radical (unpaired) electrons. The average molecular weight is 443 g/mol. The summed E-state index contributed by atoms with van der Waals surface area (Å²) in [5.74, 6) is 1.47. The Labute approximate surface area is 188 Å². The Morgan fingerprint density at radius 2 is 1.78 bits per heavy atom. The van der Waals surface area contributed by atoms with Crippen molar-refractivity contribution in [2.75, 3.05) is 57.2 Å². The number of nitrogens with zero attached hydrogens (tertiary/aromatic N) is 3. The summed E-state index contributed by atoms with van der Waals surface area (Å²) in [4.78, 5) is 27.1. The van der Waals surface area contributed by atoms with Gasteiger partial charge in [-0.2, -0.15) is 0 Å². The van der Waals surface area contributed by atoms with Gasteiger partial charge < -0.3 is 24.6 Å². The van der Waals surface area contributed by atoms with Crippen molar-refractivity contribution in [2.24, 2.45) is 0 Å². The van der Waals surface area contributed by atoms with E-state index in [9.17, 15) is 14.9 Å². The highest BCUT2D eigenvalue weighted by molar-refractivity contribution is 5.76. The fraction of sp³-hybridized carbons (Fsp3) is 0.435. The summed E-state index contributed by atoms with van der Waals surface area (Å²) < 4.78 is 10.6. The lowest BCUT2D eigenvalue weighted by molar-refractivity contribution is -0.383. The molecule has 1 aliphatic rings. The molecule has 2 aromatic carbocycles. The molecule has 9 heteroatoms. The number of nitro benzene ring substituents is 1. The Balaban J connectivity index is 1.68. The zero-order valence-electron chi connectivity index (χ0n) is 18.8. The number of nitro groups is 1. The number of amides is 1. The number of benzene rings is 2. The van der Waals surface area contributed by atoms with Crippen LogP contribution in [0.1, 0.15) is 18.9 Å². The van der Waals surface area contributed by atoms with Crippen molar-refractivity contribution in [3.8, 4) is 11.5 Å². The van der Waals surface area contributed by atoms with Gasteiger partial charge in [-0.25, -0.2) is 0 Å². The molecule has 0 unspecified atom stereocenters. The van der Waals surface area contributed by atoms with Crippen molar-refractivity contribution >= 4 is 23.0 Å². The predicted octanol–water partition coefficient (Wildman–Crippen LogP) is 3.33. The molecular weight excluding hydrogens is 412 g/mol. The second-order valence-electron chi connectivity index (χ2n) is 7.55. The van der Waals surface area contributed by atoms with Gasteiger partial charge in [-0.3, -0.25) is 14.9 Å². The number of carbonyl (C=O) groups is 1.